The molecule has 0 saturated heterocycles. The minimum Gasteiger partial charge on any atom is -0.374 e. The monoisotopic (exact) mass is 199 g/mol. The van der Waals surface area contributed by atoms with E-state index in [1.165, 1.54) is 16.3 Å². The lowest BCUT2D eigenvalue weighted by atomic mass is 10.1. The van der Waals surface area contributed by atoms with Gasteiger partial charge in [0.15, 0.2) is 0 Å². The zero-order chi connectivity index (χ0) is 10.7. The van der Waals surface area contributed by atoms with E-state index in [0.29, 0.717) is 6.61 Å². The molecular formula is C14H15O. The number of benzene rings is 2. The van der Waals surface area contributed by atoms with Crippen molar-refractivity contribution in [1.82, 2.24) is 0 Å². The molecule has 0 spiro atoms. The summed E-state index contributed by atoms with van der Waals surface area (Å²) < 4.78 is 5.52. The second kappa shape index (κ2) is 4.45. The van der Waals surface area contributed by atoms with Gasteiger partial charge in [-0.15, -0.1) is 0 Å². The van der Waals surface area contributed by atoms with Crippen LogP contribution in [0.3, 0.4) is 0 Å². The topological polar surface area (TPSA) is 9.23 Å². The summed E-state index contributed by atoms with van der Waals surface area (Å²) >= 11 is 0. The summed E-state index contributed by atoms with van der Waals surface area (Å²) in [6.07, 6.45) is 0.0315. The Bertz CT molecular complexity index is 441. The van der Waals surface area contributed by atoms with Crippen molar-refractivity contribution in [2.24, 2.45) is 0 Å². The van der Waals surface area contributed by atoms with E-state index in [2.05, 4.69) is 49.4 Å². The standard InChI is InChI=1S/C14H15O/c1-11(2)15-10-13-8-5-7-12-6-3-4-9-14(12)13/h3-9,11H,1,10H2,2H3. The van der Waals surface area contributed by atoms with Crippen LogP contribution in [-0.4, -0.2) is 6.10 Å². The molecule has 2 aromatic carbocycles. The highest BCUT2D eigenvalue weighted by atomic mass is 16.5. The molecule has 0 bridgehead atoms. The Kier molecular flexibility index (Phi) is 3.02. The van der Waals surface area contributed by atoms with Gasteiger partial charge in [-0.25, -0.2) is 0 Å². The van der Waals surface area contributed by atoms with Gasteiger partial charge >= 0.3 is 0 Å². The SMILES string of the molecule is [CH2]C(C)OCc1cccc2ccccc12. The Morgan fingerprint density at radius 2 is 1.87 bits per heavy atom. The van der Waals surface area contributed by atoms with Crippen LogP contribution in [-0.2, 0) is 11.3 Å². The van der Waals surface area contributed by atoms with Gasteiger partial charge in [-0.05, 0) is 30.2 Å². The third-order valence-corrected chi connectivity index (χ3v) is 2.40. The predicted octanol–water partition coefficient (Wildman–Crippen LogP) is 3.58. The van der Waals surface area contributed by atoms with Gasteiger partial charge in [0.25, 0.3) is 0 Å². The highest BCUT2D eigenvalue weighted by molar-refractivity contribution is 5.85. The molecule has 0 aliphatic rings. The van der Waals surface area contributed by atoms with E-state index in [1.54, 1.807) is 0 Å². The van der Waals surface area contributed by atoms with Crippen molar-refractivity contribution in [3.8, 4) is 0 Å². The average molecular weight is 199 g/mol. The van der Waals surface area contributed by atoms with Crippen LogP contribution in [0.4, 0.5) is 0 Å². The highest BCUT2D eigenvalue weighted by Crippen LogP contribution is 2.19. The van der Waals surface area contributed by atoms with Crippen molar-refractivity contribution in [3.05, 3.63) is 55.0 Å². The first-order valence-electron chi connectivity index (χ1n) is 5.18. The zero-order valence-electron chi connectivity index (χ0n) is 8.94. The summed E-state index contributed by atoms with van der Waals surface area (Å²) in [7, 11) is 0. The lowest BCUT2D eigenvalue weighted by Crippen LogP contribution is -2.02. The maximum absolute atomic E-state index is 5.52. The summed E-state index contributed by atoms with van der Waals surface area (Å²) in [5, 5.41) is 2.52. The fourth-order valence-corrected chi connectivity index (χ4v) is 1.65. The molecule has 1 heteroatoms. The fraction of sp³-hybridized carbons (Fsp3) is 0.214. The third-order valence-electron chi connectivity index (χ3n) is 2.40. The maximum atomic E-state index is 5.52. The molecule has 1 unspecified atom stereocenters. The molecule has 1 atom stereocenters. The minimum absolute atomic E-state index is 0.0315. The third kappa shape index (κ3) is 2.37. The molecular weight excluding hydrogens is 184 g/mol. The van der Waals surface area contributed by atoms with Crippen LogP contribution in [0.1, 0.15) is 12.5 Å². The van der Waals surface area contributed by atoms with E-state index in [0.717, 1.165) is 0 Å². The van der Waals surface area contributed by atoms with Crippen LogP contribution in [0, 0.1) is 6.92 Å². The smallest absolute Gasteiger partial charge is 0.0726 e. The largest absolute Gasteiger partial charge is 0.374 e. The van der Waals surface area contributed by atoms with Gasteiger partial charge in [0.1, 0.15) is 0 Å². The summed E-state index contributed by atoms with van der Waals surface area (Å²) in [6.45, 7) is 6.39. The van der Waals surface area contributed by atoms with E-state index in [4.69, 9.17) is 4.74 Å². The molecule has 77 valence electrons. The summed E-state index contributed by atoms with van der Waals surface area (Å²) in [6, 6.07) is 14.6. The molecule has 0 heterocycles. The van der Waals surface area contributed by atoms with E-state index in [9.17, 15) is 0 Å². The van der Waals surface area contributed by atoms with Gasteiger partial charge in [-0.2, -0.15) is 0 Å². The van der Waals surface area contributed by atoms with Crippen LogP contribution in [0.15, 0.2) is 42.5 Å². The number of hydrogen-bond donors (Lipinski definition) is 0. The van der Waals surface area contributed by atoms with Gasteiger partial charge in [-0.1, -0.05) is 42.5 Å². The Morgan fingerprint density at radius 1 is 1.13 bits per heavy atom. The molecule has 2 aromatic rings. The van der Waals surface area contributed by atoms with E-state index >= 15 is 0 Å². The maximum Gasteiger partial charge on any atom is 0.0726 e. The summed E-state index contributed by atoms with van der Waals surface area (Å²) in [4.78, 5) is 0. The van der Waals surface area contributed by atoms with Crippen LogP contribution in [0.2, 0.25) is 0 Å². The Hall–Kier alpha value is -1.34. The number of fused-ring (bicyclic) bond motifs is 1. The van der Waals surface area contributed by atoms with Gasteiger partial charge in [0, 0.05) is 0 Å². The molecule has 15 heavy (non-hydrogen) atoms. The van der Waals surface area contributed by atoms with Gasteiger partial charge in [0.2, 0.25) is 0 Å². The van der Waals surface area contributed by atoms with Crippen molar-refractivity contribution in [2.45, 2.75) is 19.6 Å². The van der Waals surface area contributed by atoms with E-state index < -0.39 is 0 Å². The van der Waals surface area contributed by atoms with Crippen LogP contribution >= 0.6 is 0 Å². The molecule has 0 fully saturated rings. The number of hydrogen-bond acceptors (Lipinski definition) is 1. The second-order valence-electron chi connectivity index (χ2n) is 3.76. The van der Waals surface area contributed by atoms with Crippen molar-refractivity contribution < 1.29 is 4.74 Å². The molecule has 0 amide bonds. The van der Waals surface area contributed by atoms with E-state index in [-0.39, 0.29) is 6.10 Å². The first-order chi connectivity index (χ1) is 7.27. The first-order valence-corrected chi connectivity index (χ1v) is 5.18. The average Bonchev–Trinajstić information content (AvgIpc) is 2.26. The zero-order valence-corrected chi connectivity index (χ0v) is 8.94. The van der Waals surface area contributed by atoms with Crippen molar-refractivity contribution in [2.75, 3.05) is 0 Å². The van der Waals surface area contributed by atoms with Gasteiger partial charge in [0.05, 0.1) is 12.7 Å². The van der Waals surface area contributed by atoms with E-state index in [1.807, 2.05) is 6.92 Å². The van der Waals surface area contributed by atoms with Crippen molar-refractivity contribution in [1.29, 1.82) is 0 Å². The summed E-state index contributed by atoms with van der Waals surface area (Å²) in [5.74, 6) is 0. The molecule has 2 rings (SSSR count). The molecule has 0 aromatic heterocycles. The lowest BCUT2D eigenvalue weighted by Gasteiger charge is -2.09. The normalized spacial score (nSPS) is 11.1. The molecule has 0 aliphatic heterocycles. The van der Waals surface area contributed by atoms with Crippen molar-refractivity contribution in [3.63, 3.8) is 0 Å². The predicted molar refractivity (Wildman–Crippen MR) is 63.6 cm³/mol. The quantitative estimate of drug-likeness (QED) is 0.734. The fourth-order valence-electron chi connectivity index (χ4n) is 1.65. The second-order valence-corrected chi connectivity index (χ2v) is 3.76. The molecule has 0 N–H and O–H groups in total. The Morgan fingerprint density at radius 3 is 2.67 bits per heavy atom. The molecule has 0 aliphatic carbocycles. The summed E-state index contributed by atoms with van der Waals surface area (Å²) in [5.41, 5.74) is 1.23. The first kappa shape index (κ1) is 10.2. The molecule has 0 saturated carbocycles. The highest BCUT2D eigenvalue weighted by Gasteiger charge is 2.01. The molecule has 1 nitrogen and oxygen atoms in total. The van der Waals surface area contributed by atoms with Crippen molar-refractivity contribution >= 4 is 10.8 Å². The lowest BCUT2D eigenvalue weighted by molar-refractivity contribution is 0.0830. The van der Waals surface area contributed by atoms with Crippen LogP contribution < -0.4 is 0 Å². The number of rotatable bonds is 3. The van der Waals surface area contributed by atoms with Gasteiger partial charge < -0.3 is 4.74 Å². The van der Waals surface area contributed by atoms with Crippen LogP contribution in [0.25, 0.3) is 10.8 Å². The minimum atomic E-state index is 0.0315. The Balaban J connectivity index is 2.34. The number of ether oxygens (including phenoxy) is 1. The Labute approximate surface area is 90.7 Å². The van der Waals surface area contributed by atoms with Gasteiger partial charge in [-0.3, -0.25) is 0 Å². The molecule has 1 radical (unpaired) electrons. The van der Waals surface area contributed by atoms with Crippen LogP contribution in [0.5, 0.6) is 0 Å².